The summed E-state index contributed by atoms with van der Waals surface area (Å²) in [5.74, 6) is -1.87. The lowest BCUT2D eigenvalue weighted by Gasteiger charge is -2.69. The molecule has 5 aliphatic rings. The second-order valence-corrected chi connectivity index (χ2v) is 26.0. The molecule has 3 saturated carbocycles. The number of halogens is 2. The summed E-state index contributed by atoms with van der Waals surface area (Å²) >= 11 is 19.1. The van der Waals surface area contributed by atoms with E-state index in [0.29, 0.717) is 103 Å². The summed E-state index contributed by atoms with van der Waals surface area (Å²) in [6, 6.07) is 6.25. The molecule has 3 aliphatic carbocycles. The van der Waals surface area contributed by atoms with Crippen molar-refractivity contribution in [2.75, 3.05) is 80.2 Å². The summed E-state index contributed by atoms with van der Waals surface area (Å²) in [4.78, 5) is 125. The number of alkyl halides is 2. The molecule has 0 spiro atoms. The number of primary amides is 1. The molecular formula is C63H81Cl2N13O12S. The molecule has 25 nitrogen and oxygen atoms in total. The predicted octanol–water partition coefficient (Wildman–Crippen LogP) is 6.84. The molecular weight excluding hydrogens is 1230 g/mol. The molecule has 0 radical (unpaired) electrons. The van der Waals surface area contributed by atoms with E-state index in [9.17, 15) is 43.6 Å². The first-order chi connectivity index (χ1) is 43.4. The van der Waals surface area contributed by atoms with Crippen molar-refractivity contribution in [3.8, 4) is 11.5 Å². The van der Waals surface area contributed by atoms with Gasteiger partial charge in [-0.25, -0.2) is 14.8 Å². The van der Waals surface area contributed by atoms with Crippen LogP contribution in [-0.4, -0.2) is 161 Å². The van der Waals surface area contributed by atoms with Crippen molar-refractivity contribution in [1.82, 2.24) is 41.0 Å². The standard InChI is InChI=1S/C63H81Cl2N13O12S/c1-33(2)51(74-55(81)41(71-36(5)79)11-8-9-17-66)56(82)73-42(12-10-18-68-59(67)85)54(80)72-40-15-13-37(14-16-40)29-88-60(86)75(6)19-20-76(7)61(91)89-45-21-43-49(47-34(3)25-69-52(45)47)38(23-64)27-77(43)57(83)62-30-63(31-62,32-62)58(84)78-28-39(24-65)50-44(78)22-46(90-87)53-48(50)35(4)26-70-53/h13-16,21-22,25-26,33,38-39,41-42,51,69-70,87H,8-12,17-20,23-24,27-32,66H2,1-7H3,(H,71,79)(H,72,80)(H,73,82)(H,74,81)(H3,67,68,85)/t38-,39-,41+,42+,51+,62?,63?/m1/s1. The Morgan fingerprint density at radius 3 is 1.82 bits per heavy atom. The number of thiocarbonyl (C=S) groups is 1. The van der Waals surface area contributed by atoms with E-state index in [1.807, 2.05) is 32.3 Å². The number of anilines is 3. The fourth-order valence-corrected chi connectivity index (χ4v) is 14.0. The first kappa shape index (κ1) is 67.5. The van der Waals surface area contributed by atoms with Crippen LogP contribution in [0.25, 0.3) is 21.8 Å². The number of hydrogen-bond donors (Lipinski definition) is 10. The van der Waals surface area contributed by atoms with Gasteiger partial charge in [0, 0.05) is 118 Å². The average Bonchev–Trinajstić information content (AvgIpc) is 1.43. The number of fused-ring (bicyclic) bond motifs is 6. The van der Waals surface area contributed by atoms with E-state index in [1.54, 1.807) is 73.0 Å². The van der Waals surface area contributed by atoms with Crippen molar-refractivity contribution in [3.05, 3.63) is 76.6 Å². The maximum absolute atomic E-state index is 14.9. The van der Waals surface area contributed by atoms with Crippen molar-refractivity contribution in [2.45, 2.75) is 123 Å². The number of aromatic amines is 2. The molecule has 10 rings (SSSR count). The first-order valence-electron chi connectivity index (χ1n) is 30.6. The average molecular weight is 1320 g/mol. The summed E-state index contributed by atoms with van der Waals surface area (Å²) in [6.07, 6.45) is 6.16. The number of amides is 9. The van der Waals surface area contributed by atoms with Crippen molar-refractivity contribution in [1.29, 1.82) is 0 Å². The molecule has 12 N–H and O–H groups in total. The second kappa shape index (κ2) is 28.3. The van der Waals surface area contributed by atoms with Crippen LogP contribution >= 0.6 is 35.4 Å². The normalized spacial score (nSPS) is 19.5. The van der Waals surface area contributed by atoms with Gasteiger partial charge >= 0.3 is 12.1 Å². The predicted molar refractivity (Wildman–Crippen MR) is 349 cm³/mol. The van der Waals surface area contributed by atoms with Gasteiger partial charge in [0.05, 0.1) is 33.2 Å². The number of unbranched alkanes of at least 4 members (excludes halogenated alkanes) is 1. The number of aromatic nitrogens is 2. The number of hydrogen-bond acceptors (Lipinski definition) is 14. The molecule has 2 aliphatic heterocycles. The first-order valence-corrected chi connectivity index (χ1v) is 32.0. The van der Waals surface area contributed by atoms with E-state index in [1.165, 1.54) is 11.8 Å². The van der Waals surface area contributed by atoms with Gasteiger partial charge in [0.15, 0.2) is 11.5 Å². The number of benzene rings is 3. The monoisotopic (exact) mass is 1310 g/mol. The molecule has 5 atom stereocenters. The van der Waals surface area contributed by atoms with E-state index >= 15 is 0 Å². The van der Waals surface area contributed by atoms with E-state index in [2.05, 4.69) is 36.6 Å². The summed E-state index contributed by atoms with van der Waals surface area (Å²) in [5.41, 5.74) is 16.8. The Hall–Kier alpha value is -7.91. The lowest BCUT2D eigenvalue weighted by Crippen LogP contribution is -2.73. The third-order valence-electron chi connectivity index (χ3n) is 18.0. The van der Waals surface area contributed by atoms with Gasteiger partial charge in [-0.2, -0.15) is 0 Å². The highest BCUT2D eigenvalue weighted by molar-refractivity contribution is 7.80. The van der Waals surface area contributed by atoms with Crippen molar-refractivity contribution >= 4 is 127 Å². The van der Waals surface area contributed by atoms with Gasteiger partial charge in [-0.05, 0) is 130 Å². The quantitative estimate of drug-likeness (QED) is 0.00846. The second-order valence-electron chi connectivity index (χ2n) is 25.0. The zero-order valence-corrected chi connectivity index (χ0v) is 54.5. The third-order valence-corrected chi connectivity index (χ3v) is 19.2. The van der Waals surface area contributed by atoms with Gasteiger partial charge in [0.2, 0.25) is 35.4 Å². The molecule has 3 fully saturated rings. The number of carbonyl (C=O) groups excluding carboxylic acids is 8. The number of carbonyl (C=O) groups is 8. The molecule has 2 bridgehead atoms. The smallest absolute Gasteiger partial charge is 0.409 e. The van der Waals surface area contributed by atoms with Gasteiger partial charge in [0.25, 0.3) is 5.17 Å². The summed E-state index contributed by atoms with van der Waals surface area (Å²) in [6.45, 7) is 10.3. The zero-order chi connectivity index (χ0) is 65.8. The Labute approximate surface area is 542 Å². The fourth-order valence-electron chi connectivity index (χ4n) is 13.3. The van der Waals surface area contributed by atoms with Crippen molar-refractivity contribution in [2.24, 2.45) is 28.2 Å². The fraction of sp³-hybridized carbons (Fsp3) is 0.508. The van der Waals surface area contributed by atoms with Crippen molar-refractivity contribution < 1.29 is 58.0 Å². The largest absolute Gasteiger partial charge is 0.445 e. The van der Waals surface area contributed by atoms with Crippen LogP contribution in [0.5, 0.6) is 11.5 Å². The number of nitrogens with two attached hydrogens (primary N) is 2. The number of ether oxygens (including phenoxy) is 2. The van der Waals surface area contributed by atoms with Crippen LogP contribution in [0.3, 0.4) is 0 Å². The van der Waals surface area contributed by atoms with E-state index in [0.717, 1.165) is 33.0 Å². The van der Waals surface area contributed by atoms with Crippen LogP contribution < -0.4 is 57.5 Å². The van der Waals surface area contributed by atoms with Crippen LogP contribution in [0, 0.1) is 30.6 Å². The zero-order valence-electron chi connectivity index (χ0n) is 52.1. The summed E-state index contributed by atoms with van der Waals surface area (Å²) in [5, 5.41) is 25.1. The summed E-state index contributed by atoms with van der Waals surface area (Å²) < 4.78 is 12.1. The minimum absolute atomic E-state index is 0.0696. The topological polar surface area (TPSA) is 341 Å². The van der Waals surface area contributed by atoms with Gasteiger partial charge in [-0.3, -0.25) is 28.8 Å². The Balaban J connectivity index is 0.780. The molecule has 2 aromatic heterocycles. The molecule has 3 aromatic carbocycles. The number of urea groups is 1. The number of H-pyrrole nitrogens is 2. The van der Waals surface area contributed by atoms with Crippen LogP contribution in [-0.2, 0) is 40.1 Å². The van der Waals surface area contributed by atoms with Gasteiger partial charge in [-0.1, -0.05) is 26.0 Å². The highest BCUT2D eigenvalue weighted by Crippen LogP contribution is 2.75. The molecule has 5 aromatic rings. The summed E-state index contributed by atoms with van der Waals surface area (Å²) in [7, 11) is 3.32. The van der Waals surface area contributed by atoms with Crippen LogP contribution in [0.1, 0.15) is 112 Å². The minimum atomic E-state index is -1.11. The molecule has 0 saturated heterocycles. The maximum atomic E-state index is 14.9. The Morgan fingerprint density at radius 2 is 1.30 bits per heavy atom. The van der Waals surface area contributed by atoms with Crippen molar-refractivity contribution in [3.63, 3.8) is 0 Å². The van der Waals surface area contributed by atoms with E-state index in [4.69, 9.17) is 61.2 Å². The molecule has 9 amide bonds. The lowest BCUT2D eigenvalue weighted by molar-refractivity contribution is -0.205. The molecule has 28 heteroatoms. The SMILES string of the molecule is CC(=O)N[C@@H](CCCCN)C(=O)N[C@H](C(=O)N[C@@H](CCCNC(N)=O)C(=O)Nc1ccc(COC(=O)N(C)CCN(C)C(=S)Oc2cc3c(c4c(C)c[nH]c24)[C@H](CCl)CN3C(=O)C23CC(C(=O)N4C[C@@H](CCl)c5c4cc(OO)c4[nH]cc(C)c54)(C2)C3)cc1)C(C)C. The molecule has 0 unspecified atom stereocenters. The Morgan fingerprint density at radius 1 is 0.758 bits per heavy atom. The Bertz CT molecular complexity index is 3620. The third kappa shape index (κ3) is 14.0. The number of rotatable bonds is 27. The molecule has 4 heterocycles. The number of nitrogens with zero attached hydrogens (tertiary/aromatic N) is 4. The number of nitrogens with one attached hydrogen (secondary N) is 7. The maximum Gasteiger partial charge on any atom is 0.409 e. The minimum Gasteiger partial charge on any atom is -0.445 e. The van der Waals surface area contributed by atoms with Crippen LogP contribution in [0.2, 0.25) is 0 Å². The molecule has 490 valence electrons. The molecule has 91 heavy (non-hydrogen) atoms. The highest BCUT2D eigenvalue weighted by Gasteiger charge is 2.76. The lowest BCUT2D eigenvalue weighted by atomic mass is 9.34. The van der Waals surface area contributed by atoms with Crippen LogP contribution in [0.4, 0.5) is 26.7 Å². The highest BCUT2D eigenvalue weighted by atomic mass is 35.5. The van der Waals surface area contributed by atoms with Gasteiger partial charge in [0.1, 0.15) is 24.7 Å². The van der Waals surface area contributed by atoms with E-state index < -0.39 is 70.6 Å². The number of aryl methyl sites for hydroxylation is 2. The van der Waals surface area contributed by atoms with Gasteiger partial charge < -0.3 is 82.0 Å². The van der Waals surface area contributed by atoms with E-state index in [-0.39, 0.29) is 79.5 Å². The Kier molecular flexibility index (Phi) is 21.0. The van der Waals surface area contributed by atoms with Crippen LogP contribution in [0.15, 0.2) is 48.8 Å². The van der Waals surface area contributed by atoms with Gasteiger partial charge in [-0.15, -0.1) is 23.2 Å². The number of likely N-dealkylation sites (N-methyl/N-ethyl adjacent to an activating group) is 2.